The van der Waals surface area contributed by atoms with Crippen molar-refractivity contribution in [1.29, 1.82) is 0 Å². The summed E-state index contributed by atoms with van der Waals surface area (Å²) in [6.07, 6.45) is 0. The van der Waals surface area contributed by atoms with E-state index in [1.54, 1.807) is 12.1 Å². The van der Waals surface area contributed by atoms with Gasteiger partial charge in [-0.2, -0.15) is 0 Å². The van der Waals surface area contributed by atoms with Crippen LogP contribution in [0, 0.1) is 0 Å². The van der Waals surface area contributed by atoms with E-state index in [1.807, 2.05) is 0 Å². The van der Waals surface area contributed by atoms with Crippen LogP contribution in [-0.2, 0) is 21.4 Å². The number of amides is 1. The molecule has 1 aliphatic rings. The van der Waals surface area contributed by atoms with Crippen molar-refractivity contribution in [3.05, 3.63) is 29.8 Å². The second kappa shape index (κ2) is 3.54. The standard InChI is InChI=1S/C11H13NO4S/c1-11(2)10(14)12(17(11,15)16)9-5-3-8(7-13)4-6-9/h3-6,13H,7H2,1-2H3. The zero-order chi connectivity index (χ0) is 12.8. The Labute approximate surface area is 99.7 Å². The van der Waals surface area contributed by atoms with Crippen LogP contribution >= 0.6 is 0 Å². The van der Waals surface area contributed by atoms with Crippen LogP contribution in [0.5, 0.6) is 0 Å². The van der Waals surface area contributed by atoms with Gasteiger partial charge in [-0.25, -0.2) is 12.7 Å². The lowest BCUT2D eigenvalue weighted by Gasteiger charge is -2.42. The van der Waals surface area contributed by atoms with Crippen LogP contribution in [0.2, 0.25) is 0 Å². The predicted octanol–water partition coefficient (Wildman–Crippen LogP) is 0.634. The molecule has 1 aromatic rings. The number of sulfonamides is 1. The maximum atomic E-state index is 11.9. The SMILES string of the molecule is CC1(C)C(=O)N(c2ccc(CO)cc2)S1(=O)=O. The Morgan fingerprint density at radius 2 is 1.76 bits per heavy atom. The van der Waals surface area contributed by atoms with E-state index in [0.717, 1.165) is 4.31 Å². The van der Waals surface area contributed by atoms with Gasteiger partial charge < -0.3 is 5.11 Å². The Hall–Kier alpha value is -1.40. The number of hydrogen-bond acceptors (Lipinski definition) is 4. The highest BCUT2D eigenvalue weighted by atomic mass is 32.2. The van der Waals surface area contributed by atoms with Crippen molar-refractivity contribution in [3.63, 3.8) is 0 Å². The molecule has 0 bridgehead atoms. The Morgan fingerprint density at radius 3 is 2.18 bits per heavy atom. The van der Waals surface area contributed by atoms with Gasteiger partial charge in [-0.15, -0.1) is 0 Å². The predicted molar refractivity (Wildman–Crippen MR) is 62.8 cm³/mol. The van der Waals surface area contributed by atoms with Crippen molar-refractivity contribution in [2.24, 2.45) is 0 Å². The monoisotopic (exact) mass is 255 g/mol. The van der Waals surface area contributed by atoms with Gasteiger partial charge in [0.2, 0.25) is 0 Å². The van der Waals surface area contributed by atoms with Crippen molar-refractivity contribution in [2.45, 2.75) is 25.2 Å². The molecule has 1 aliphatic heterocycles. The molecule has 2 rings (SSSR count). The molecule has 1 N–H and O–H groups in total. The first kappa shape index (κ1) is 12.1. The number of carbonyl (C=O) groups excluding carboxylic acids is 1. The van der Waals surface area contributed by atoms with E-state index in [-0.39, 0.29) is 6.61 Å². The number of aliphatic hydroxyl groups is 1. The van der Waals surface area contributed by atoms with Gasteiger partial charge in [0.25, 0.3) is 15.9 Å². The molecule has 0 radical (unpaired) electrons. The molecule has 5 nitrogen and oxygen atoms in total. The second-order valence-corrected chi connectivity index (χ2v) is 6.75. The molecule has 1 saturated heterocycles. The van der Waals surface area contributed by atoms with Crippen LogP contribution in [0.4, 0.5) is 5.69 Å². The average molecular weight is 255 g/mol. The lowest BCUT2D eigenvalue weighted by molar-refractivity contribution is -0.120. The summed E-state index contributed by atoms with van der Waals surface area (Å²) < 4.78 is 23.2. The van der Waals surface area contributed by atoms with Crippen molar-refractivity contribution in [1.82, 2.24) is 0 Å². The fourth-order valence-electron chi connectivity index (χ4n) is 1.65. The van der Waals surface area contributed by atoms with Crippen LogP contribution < -0.4 is 4.31 Å². The lowest BCUT2D eigenvalue weighted by Crippen LogP contribution is -2.67. The molecule has 0 aromatic heterocycles. The van der Waals surface area contributed by atoms with Gasteiger partial charge in [-0.3, -0.25) is 4.79 Å². The highest BCUT2D eigenvalue weighted by Gasteiger charge is 2.60. The molecule has 0 atom stereocenters. The highest BCUT2D eigenvalue weighted by Crippen LogP contribution is 2.38. The topological polar surface area (TPSA) is 74.7 Å². The van der Waals surface area contributed by atoms with Crippen LogP contribution in [0.3, 0.4) is 0 Å². The summed E-state index contributed by atoms with van der Waals surface area (Å²) in [5, 5.41) is 8.88. The van der Waals surface area contributed by atoms with Crippen LogP contribution in [-0.4, -0.2) is 24.2 Å². The number of hydrogen-bond donors (Lipinski definition) is 1. The summed E-state index contributed by atoms with van der Waals surface area (Å²) in [6.45, 7) is 2.67. The Morgan fingerprint density at radius 1 is 1.24 bits per heavy atom. The number of rotatable bonds is 2. The molecule has 0 spiro atoms. The average Bonchev–Trinajstić information content (AvgIpc) is 2.29. The molecule has 6 heteroatoms. The molecule has 0 saturated carbocycles. The third-order valence-electron chi connectivity index (χ3n) is 2.94. The Bertz CT molecular complexity index is 560. The van der Waals surface area contributed by atoms with E-state index < -0.39 is 20.7 Å². The summed E-state index contributed by atoms with van der Waals surface area (Å²) >= 11 is 0. The van der Waals surface area contributed by atoms with Gasteiger partial charge in [0.05, 0.1) is 12.3 Å². The fraction of sp³-hybridized carbons (Fsp3) is 0.364. The first-order valence-electron chi connectivity index (χ1n) is 5.11. The maximum absolute atomic E-state index is 11.9. The van der Waals surface area contributed by atoms with E-state index in [9.17, 15) is 13.2 Å². The normalized spacial score (nSPS) is 21.1. The van der Waals surface area contributed by atoms with E-state index >= 15 is 0 Å². The van der Waals surface area contributed by atoms with Gasteiger partial charge in [-0.1, -0.05) is 12.1 Å². The Balaban J connectivity index is 2.40. The quantitative estimate of drug-likeness (QED) is 0.841. The first-order valence-corrected chi connectivity index (χ1v) is 6.55. The summed E-state index contributed by atoms with van der Waals surface area (Å²) in [5.74, 6) is -0.436. The van der Waals surface area contributed by atoms with Crippen molar-refractivity contribution in [2.75, 3.05) is 4.31 Å². The minimum Gasteiger partial charge on any atom is -0.392 e. The van der Waals surface area contributed by atoms with Crippen LogP contribution in [0.1, 0.15) is 19.4 Å². The minimum atomic E-state index is -3.60. The molecule has 1 heterocycles. The molecule has 0 unspecified atom stereocenters. The summed E-state index contributed by atoms with van der Waals surface area (Å²) in [6, 6.07) is 6.19. The van der Waals surface area contributed by atoms with Crippen LogP contribution in [0.25, 0.3) is 0 Å². The molecule has 92 valence electrons. The molecule has 17 heavy (non-hydrogen) atoms. The largest absolute Gasteiger partial charge is 0.392 e. The van der Waals surface area contributed by atoms with E-state index in [2.05, 4.69) is 0 Å². The highest BCUT2D eigenvalue weighted by molar-refractivity contribution is 7.98. The van der Waals surface area contributed by atoms with Gasteiger partial charge in [0.1, 0.15) is 0 Å². The third-order valence-corrected chi connectivity index (χ3v) is 5.26. The third kappa shape index (κ3) is 1.48. The molecular weight excluding hydrogens is 242 g/mol. The number of carbonyl (C=O) groups is 1. The maximum Gasteiger partial charge on any atom is 0.263 e. The smallest absolute Gasteiger partial charge is 0.263 e. The van der Waals surface area contributed by atoms with Gasteiger partial charge in [-0.05, 0) is 31.5 Å². The second-order valence-electron chi connectivity index (χ2n) is 4.41. The zero-order valence-electron chi connectivity index (χ0n) is 9.54. The van der Waals surface area contributed by atoms with Crippen molar-refractivity contribution in [3.8, 4) is 0 Å². The molecule has 1 fully saturated rings. The molecular formula is C11H13NO4S. The molecule has 0 aliphatic carbocycles. The van der Waals surface area contributed by atoms with Gasteiger partial charge >= 0.3 is 0 Å². The fourth-order valence-corrected chi connectivity index (χ4v) is 3.13. The van der Waals surface area contributed by atoms with Gasteiger partial charge in [0.15, 0.2) is 4.75 Å². The molecule has 1 amide bonds. The summed E-state index contributed by atoms with van der Waals surface area (Å²) in [4.78, 5) is 11.8. The van der Waals surface area contributed by atoms with E-state index in [0.29, 0.717) is 11.3 Å². The van der Waals surface area contributed by atoms with Crippen LogP contribution in [0.15, 0.2) is 24.3 Å². The van der Waals surface area contributed by atoms with E-state index in [1.165, 1.54) is 26.0 Å². The first-order chi connectivity index (χ1) is 7.82. The summed E-state index contributed by atoms with van der Waals surface area (Å²) in [7, 11) is -3.60. The number of aliphatic hydroxyl groups excluding tert-OH is 1. The van der Waals surface area contributed by atoms with Crippen molar-refractivity contribution >= 4 is 21.6 Å². The van der Waals surface area contributed by atoms with Crippen molar-refractivity contribution < 1.29 is 18.3 Å². The number of nitrogens with zero attached hydrogens (tertiary/aromatic N) is 1. The summed E-state index contributed by atoms with van der Waals surface area (Å²) in [5.41, 5.74) is 0.977. The molecule has 1 aromatic carbocycles. The minimum absolute atomic E-state index is 0.119. The number of anilines is 1. The van der Waals surface area contributed by atoms with Gasteiger partial charge in [0, 0.05) is 0 Å². The van der Waals surface area contributed by atoms with E-state index in [4.69, 9.17) is 5.11 Å². The number of benzene rings is 1. The lowest BCUT2D eigenvalue weighted by atomic mass is 10.1. The zero-order valence-corrected chi connectivity index (χ0v) is 10.4. The Kier molecular flexibility index (Phi) is 2.52.